The maximum absolute atomic E-state index is 14.4. The van der Waals surface area contributed by atoms with Crippen molar-refractivity contribution in [3.05, 3.63) is 86.5 Å². The molecule has 1 N–H and O–H groups in total. The molecular formula is C25H24FN3OS. The number of nitrogens with zero attached hydrogens (tertiary/aromatic N) is 2. The average molecular weight is 434 g/mol. The van der Waals surface area contributed by atoms with E-state index < -0.39 is 0 Å². The van der Waals surface area contributed by atoms with Gasteiger partial charge in [-0.15, -0.1) is 11.3 Å². The Labute approximate surface area is 185 Å². The van der Waals surface area contributed by atoms with Gasteiger partial charge in [-0.25, -0.2) is 4.39 Å². The van der Waals surface area contributed by atoms with Crippen LogP contribution in [0.25, 0.3) is 0 Å². The number of amides is 1. The number of halogens is 1. The Morgan fingerprint density at radius 2 is 2.00 bits per heavy atom. The van der Waals surface area contributed by atoms with Crippen molar-refractivity contribution in [2.45, 2.75) is 39.8 Å². The zero-order valence-corrected chi connectivity index (χ0v) is 18.5. The fourth-order valence-electron chi connectivity index (χ4n) is 3.93. The first-order valence-electron chi connectivity index (χ1n) is 10.3. The highest BCUT2D eigenvalue weighted by Gasteiger charge is 2.26. The Bertz CT molecular complexity index is 1160. The highest BCUT2D eigenvalue weighted by atomic mass is 32.1. The van der Waals surface area contributed by atoms with E-state index in [4.69, 9.17) is 0 Å². The van der Waals surface area contributed by atoms with Crippen LogP contribution in [0.3, 0.4) is 0 Å². The zero-order valence-electron chi connectivity index (χ0n) is 17.7. The summed E-state index contributed by atoms with van der Waals surface area (Å²) in [5.74, 6) is -0.279. The first-order valence-corrected chi connectivity index (χ1v) is 11.1. The molecule has 31 heavy (non-hydrogen) atoms. The molecule has 3 aromatic rings. The zero-order chi connectivity index (χ0) is 22.0. The summed E-state index contributed by atoms with van der Waals surface area (Å²) in [4.78, 5) is 15.8. The number of hydrogen-bond acceptors (Lipinski definition) is 4. The van der Waals surface area contributed by atoms with Gasteiger partial charge in [0.15, 0.2) is 0 Å². The number of rotatable bonds is 5. The molecule has 158 valence electrons. The summed E-state index contributed by atoms with van der Waals surface area (Å²) in [5, 5.41) is 13.3. The lowest BCUT2D eigenvalue weighted by Gasteiger charge is -2.27. The molecule has 0 spiro atoms. The SMILES string of the molecule is Cc1ccc(CC(=O)Nc2sc3c(c2C#N)CCN(Cc2cccc(C)c2F)C3)cc1. The Morgan fingerprint density at radius 3 is 2.74 bits per heavy atom. The van der Waals surface area contributed by atoms with E-state index in [0.717, 1.165) is 34.5 Å². The van der Waals surface area contributed by atoms with Crippen molar-refractivity contribution in [1.29, 1.82) is 5.26 Å². The lowest BCUT2D eigenvalue weighted by molar-refractivity contribution is -0.115. The van der Waals surface area contributed by atoms with Crippen LogP contribution >= 0.6 is 11.3 Å². The summed E-state index contributed by atoms with van der Waals surface area (Å²) in [6.07, 6.45) is 0.989. The number of carbonyl (C=O) groups excluding carboxylic acids is 1. The lowest BCUT2D eigenvalue weighted by Crippen LogP contribution is -2.29. The number of thiophene rings is 1. The van der Waals surface area contributed by atoms with E-state index in [-0.39, 0.29) is 18.1 Å². The van der Waals surface area contributed by atoms with Crippen LogP contribution in [0.5, 0.6) is 0 Å². The van der Waals surface area contributed by atoms with Crippen LogP contribution in [0.4, 0.5) is 9.39 Å². The van der Waals surface area contributed by atoms with Crippen molar-refractivity contribution in [3.8, 4) is 6.07 Å². The molecule has 0 saturated heterocycles. The van der Waals surface area contributed by atoms with E-state index in [1.807, 2.05) is 43.3 Å². The van der Waals surface area contributed by atoms with Gasteiger partial charge in [0.2, 0.25) is 5.91 Å². The molecule has 0 bridgehead atoms. The minimum absolute atomic E-state index is 0.127. The highest BCUT2D eigenvalue weighted by Crippen LogP contribution is 2.37. The minimum atomic E-state index is -0.152. The number of benzene rings is 2. The third kappa shape index (κ3) is 4.68. The molecule has 2 heterocycles. The number of aryl methyl sites for hydroxylation is 2. The van der Waals surface area contributed by atoms with Crippen molar-refractivity contribution in [3.63, 3.8) is 0 Å². The second kappa shape index (κ2) is 9.01. The minimum Gasteiger partial charge on any atom is -0.316 e. The summed E-state index contributed by atoms with van der Waals surface area (Å²) in [6, 6.07) is 15.6. The quantitative estimate of drug-likeness (QED) is 0.608. The van der Waals surface area contributed by atoms with E-state index in [1.165, 1.54) is 11.3 Å². The van der Waals surface area contributed by atoms with E-state index in [1.54, 1.807) is 13.0 Å². The van der Waals surface area contributed by atoms with Crippen LogP contribution in [0, 0.1) is 31.0 Å². The summed E-state index contributed by atoms with van der Waals surface area (Å²) >= 11 is 1.46. The first-order chi connectivity index (χ1) is 14.9. The normalized spacial score (nSPS) is 13.5. The Morgan fingerprint density at radius 1 is 1.23 bits per heavy atom. The molecule has 6 heteroatoms. The van der Waals surface area contributed by atoms with Gasteiger partial charge in [-0.3, -0.25) is 9.69 Å². The molecule has 0 unspecified atom stereocenters. The molecule has 0 saturated carbocycles. The fraction of sp³-hybridized carbons (Fsp3) is 0.280. The van der Waals surface area contributed by atoms with E-state index in [9.17, 15) is 14.4 Å². The molecular weight excluding hydrogens is 409 g/mol. The van der Waals surface area contributed by atoms with E-state index in [0.29, 0.717) is 34.8 Å². The predicted octanol–water partition coefficient (Wildman–Crippen LogP) is 5.12. The molecule has 1 aliphatic heterocycles. The molecule has 0 radical (unpaired) electrons. The molecule has 1 aliphatic rings. The summed E-state index contributed by atoms with van der Waals surface area (Å²) in [7, 11) is 0. The van der Waals surface area contributed by atoms with E-state index >= 15 is 0 Å². The molecule has 4 rings (SSSR count). The Hall–Kier alpha value is -3.01. The monoisotopic (exact) mass is 433 g/mol. The summed E-state index contributed by atoms with van der Waals surface area (Å²) in [5.41, 5.74) is 5.01. The number of hydrogen-bond donors (Lipinski definition) is 1. The molecule has 0 atom stereocenters. The second-order valence-corrected chi connectivity index (χ2v) is 9.14. The standard InChI is InChI=1S/C25H24FN3OS/c1-16-6-8-18(9-7-16)12-23(30)28-25-21(13-27)20-10-11-29(15-22(20)31-25)14-19-5-3-4-17(2)24(19)26/h3-9H,10-12,14-15H2,1-2H3,(H,28,30). The molecule has 0 aliphatic carbocycles. The molecule has 1 aromatic heterocycles. The highest BCUT2D eigenvalue weighted by molar-refractivity contribution is 7.16. The smallest absolute Gasteiger partial charge is 0.229 e. The summed E-state index contributed by atoms with van der Waals surface area (Å²) in [6.45, 7) is 5.72. The van der Waals surface area contributed by atoms with Gasteiger partial charge in [0, 0.05) is 30.1 Å². The van der Waals surface area contributed by atoms with Crippen LogP contribution in [0.15, 0.2) is 42.5 Å². The van der Waals surface area contributed by atoms with Gasteiger partial charge in [-0.1, -0.05) is 48.0 Å². The van der Waals surface area contributed by atoms with Crippen molar-refractivity contribution in [1.82, 2.24) is 4.90 Å². The fourth-order valence-corrected chi connectivity index (χ4v) is 5.19. The average Bonchev–Trinajstić information content (AvgIpc) is 3.09. The second-order valence-electron chi connectivity index (χ2n) is 8.04. The maximum atomic E-state index is 14.4. The Kier molecular flexibility index (Phi) is 6.17. The van der Waals surface area contributed by atoms with Crippen molar-refractivity contribution in [2.24, 2.45) is 0 Å². The number of nitrogens with one attached hydrogen (secondary N) is 1. The van der Waals surface area contributed by atoms with Crippen LogP contribution in [-0.4, -0.2) is 17.4 Å². The number of fused-ring (bicyclic) bond motifs is 1. The third-order valence-electron chi connectivity index (χ3n) is 5.65. The largest absolute Gasteiger partial charge is 0.316 e. The van der Waals surface area contributed by atoms with Crippen molar-refractivity contribution in [2.75, 3.05) is 11.9 Å². The predicted molar refractivity (Wildman–Crippen MR) is 122 cm³/mol. The molecule has 0 fully saturated rings. The van der Waals surface area contributed by atoms with E-state index in [2.05, 4.69) is 16.3 Å². The van der Waals surface area contributed by atoms with Gasteiger partial charge >= 0.3 is 0 Å². The van der Waals surface area contributed by atoms with Gasteiger partial charge in [-0.05, 0) is 37.0 Å². The molecule has 1 amide bonds. The number of nitriles is 1. The number of anilines is 1. The Balaban J connectivity index is 1.47. The topological polar surface area (TPSA) is 56.1 Å². The van der Waals surface area contributed by atoms with Crippen LogP contribution in [0.1, 0.15) is 38.3 Å². The molecule has 2 aromatic carbocycles. The third-order valence-corrected chi connectivity index (χ3v) is 6.78. The van der Waals surface area contributed by atoms with Gasteiger partial charge < -0.3 is 5.32 Å². The van der Waals surface area contributed by atoms with Gasteiger partial charge in [0.1, 0.15) is 16.9 Å². The van der Waals surface area contributed by atoms with Gasteiger partial charge in [-0.2, -0.15) is 5.26 Å². The maximum Gasteiger partial charge on any atom is 0.229 e. The molecule has 4 nitrogen and oxygen atoms in total. The van der Waals surface area contributed by atoms with Crippen LogP contribution < -0.4 is 5.32 Å². The van der Waals surface area contributed by atoms with Crippen LogP contribution in [-0.2, 0) is 30.7 Å². The van der Waals surface area contributed by atoms with Gasteiger partial charge in [0.25, 0.3) is 0 Å². The van der Waals surface area contributed by atoms with Gasteiger partial charge in [0.05, 0.1) is 12.0 Å². The first kappa shape index (κ1) is 21.2. The summed E-state index contributed by atoms with van der Waals surface area (Å²) < 4.78 is 14.4. The lowest BCUT2D eigenvalue weighted by atomic mass is 10.0. The van der Waals surface area contributed by atoms with Crippen molar-refractivity contribution >= 4 is 22.2 Å². The number of carbonyl (C=O) groups is 1. The van der Waals surface area contributed by atoms with Crippen molar-refractivity contribution < 1.29 is 9.18 Å². The van der Waals surface area contributed by atoms with Crippen LogP contribution in [0.2, 0.25) is 0 Å².